The van der Waals surface area contributed by atoms with Gasteiger partial charge in [0.1, 0.15) is 5.82 Å². The normalized spacial score (nSPS) is 19.1. The second-order valence-electron chi connectivity index (χ2n) is 8.59. The lowest BCUT2D eigenvalue weighted by molar-refractivity contribution is -0.0979. The monoisotopic (exact) mass is 472 g/mol. The molecule has 3 N–H and O–H groups in total. The van der Waals surface area contributed by atoms with Crippen LogP contribution in [0.3, 0.4) is 0 Å². The number of halogens is 1. The van der Waals surface area contributed by atoms with Gasteiger partial charge >= 0.3 is 0 Å². The molecule has 1 aromatic heterocycles. The Morgan fingerprint density at radius 2 is 2.00 bits per heavy atom. The summed E-state index contributed by atoms with van der Waals surface area (Å²) in [5, 5.41) is 5.08. The average Bonchev–Trinajstić information content (AvgIpc) is 2.89. The molecule has 32 heavy (non-hydrogen) atoms. The van der Waals surface area contributed by atoms with Crippen molar-refractivity contribution in [2.24, 2.45) is 11.1 Å². The molecule has 2 aromatic carbocycles. The lowest BCUT2D eigenvalue weighted by Gasteiger charge is -2.40. The van der Waals surface area contributed by atoms with Gasteiger partial charge in [-0.1, -0.05) is 29.8 Å². The number of fused-ring (bicyclic) bond motifs is 2. The number of anilines is 2. The smallest absolute Gasteiger partial charge is 0.180 e. The van der Waals surface area contributed by atoms with Crippen LogP contribution in [0.15, 0.2) is 53.4 Å². The van der Waals surface area contributed by atoms with Crippen molar-refractivity contribution in [1.29, 1.82) is 0 Å². The van der Waals surface area contributed by atoms with Crippen molar-refractivity contribution < 1.29 is 13.2 Å². The molecule has 7 nitrogen and oxygen atoms in total. The molecule has 0 spiro atoms. The summed E-state index contributed by atoms with van der Waals surface area (Å²) < 4.78 is 30.9. The molecule has 1 saturated heterocycles. The molecule has 1 fully saturated rings. The minimum atomic E-state index is -3.34. The Bertz CT molecular complexity index is 1270. The summed E-state index contributed by atoms with van der Waals surface area (Å²) in [6, 6.07) is 14.8. The molecule has 0 bridgehead atoms. The number of ether oxygens (including phenoxy) is 1. The van der Waals surface area contributed by atoms with Gasteiger partial charge in [-0.2, -0.15) is 0 Å². The van der Waals surface area contributed by atoms with Crippen LogP contribution < -0.4 is 16.0 Å². The summed E-state index contributed by atoms with van der Waals surface area (Å²) in [4.78, 5) is 7.27. The van der Waals surface area contributed by atoms with Crippen LogP contribution in [0.5, 0.6) is 0 Å². The molecule has 0 saturated carbocycles. The molecule has 0 unspecified atom stereocenters. The minimum absolute atomic E-state index is 0.0424. The number of benzene rings is 2. The van der Waals surface area contributed by atoms with Gasteiger partial charge in [0.05, 0.1) is 29.4 Å². The van der Waals surface area contributed by atoms with E-state index in [9.17, 15) is 8.42 Å². The second-order valence-corrected chi connectivity index (χ2v) is 11.1. The highest BCUT2D eigenvalue weighted by atomic mass is 35.5. The summed E-state index contributed by atoms with van der Waals surface area (Å²) in [5.74, 6) is 0.765. The van der Waals surface area contributed by atoms with Crippen LogP contribution in [0.2, 0.25) is 5.02 Å². The third kappa shape index (κ3) is 3.92. The first kappa shape index (κ1) is 21.5. The fraction of sp³-hybridized carbons (Fsp3) is 0.348. The van der Waals surface area contributed by atoms with Gasteiger partial charge in [-0.05, 0) is 29.8 Å². The van der Waals surface area contributed by atoms with E-state index in [1.54, 1.807) is 12.1 Å². The summed E-state index contributed by atoms with van der Waals surface area (Å²) in [6.45, 7) is 3.32. The predicted octanol–water partition coefficient (Wildman–Crippen LogP) is 3.07. The number of aromatic nitrogens is 1. The number of sulfone groups is 1. The zero-order valence-corrected chi connectivity index (χ0v) is 19.1. The van der Waals surface area contributed by atoms with Crippen LogP contribution in [0.1, 0.15) is 5.56 Å². The van der Waals surface area contributed by atoms with Crippen molar-refractivity contribution in [2.45, 2.75) is 11.4 Å². The molecule has 0 radical (unpaired) electrons. The van der Waals surface area contributed by atoms with E-state index in [4.69, 9.17) is 27.1 Å². The molecule has 3 aromatic rings. The molecule has 168 valence electrons. The van der Waals surface area contributed by atoms with Gasteiger partial charge in [0.25, 0.3) is 0 Å². The molecular weight excluding hydrogens is 448 g/mol. The van der Waals surface area contributed by atoms with E-state index in [2.05, 4.69) is 5.32 Å². The van der Waals surface area contributed by atoms with E-state index in [0.717, 1.165) is 28.0 Å². The van der Waals surface area contributed by atoms with Gasteiger partial charge in [0.15, 0.2) is 9.84 Å². The maximum atomic E-state index is 12.8. The largest absolute Gasteiger partial charge is 0.384 e. The van der Waals surface area contributed by atoms with Gasteiger partial charge in [-0.25, -0.2) is 13.4 Å². The molecule has 9 heteroatoms. The third-order valence-corrected chi connectivity index (χ3v) is 8.31. The molecule has 2 aliphatic rings. The lowest BCUT2D eigenvalue weighted by atomic mass is 9.86. The maximum Gasteiger partial charge on any atom is 0.180 e. The number of nitrogens with two attached hydrogens (primary N) is 1. The predicted molar refractivity (Wildman–Crippen MR) is 127 cm³/mol. The Morgan fingerprint density at radius 3 is 2.75 bits per heavy atom. The first-order valence-corrected chi connectivity index (χ1v) is 12.6. The van der Waals surface area contributed by atoms with Gasteiger partial charge in [0, 0.05) is 53.8 Å². The second kappa shape index (κ2) is 8.19. The van der Waals surface area contributed by atoms with Crippen molar-refractivity contribution in [1.82, 2.24) is 4.98 Å². The highest BCUT2D eigenvalue weighted by Crippen LogP contribution is 2.34. The lowest BCUT2D eigenvalue weighted by Crippen LogP contribution is -2.52. The van der Waals surface area contributed by atoms with Gasteiger partial charge in [-0.3, -0.25) is 0 Å². The summed E-state index contributed by atoms with van der Waals surface area (Å²) in [6.07, 6.45) is 0. The standard InChI is InChI=1S/C23H25ClN4O3S/c24-17-5-6-19-18(9-17)20(26-13-23(12-25)14-31-15-23)10-22(27-19)28-7-8-32(29,30)21-4-2-1-3-16(21)11-28/h1-6,9-10H,7-8,11-15,25H2,(H,26,27). The summed E-state index contributed by atoms with van der Waals surface area (Å²) in [5.41, 5.74) is 8.38. The van der Waals surface area contributed by atoms with Gasteiger partial charge < -0.3 is 20.7 Å². The van der Waals surface area contributed by atoms with Crippen molar-refractivity contribution in [2.75, 3.05) is 48.8 Å². The summed E-state index contributed by atoms with van der Waals surface area (Å²) >= 11 is 6.27. The van der Waals surface area contributed by atoms with Crippen LogP contribution in [-0.2, 0) is 21.1 Å². The number of hydrogen-bond acceptors (Lipinski definition) is 7. The van der Waals surface area contributed by atoms with Crippen molar-refractivity contribution in [3.8, 4) is 0 Å². The number of hydrogen-bond donors (Lipinski definition) is 2. The molecule has 2 aliphatic heterocycles. The molecular formula is C23H25ClN4O3S. The maximum absolute atomic E-state index is 12.8. The molecule has 5 rings (SSSR count). The van der Waals surface area contributed by atoms with E-state index in [0.29, 0.717) is 49.3 Å². The highest BCUT2D eigenvalue weighted by molar-refractivity contribution is 7.91. The fourth-order valence-corrected chi connectivity index (χ4v) is 5.89. The first-order valence-electron chi connectivity index (χ1n) is 10.6. The third-order valence-electron chi connectivity index (χ3n) is 6.28. The zero-order chi connectivity index (χ0) is 22.3. The Balaban J connectivity index is 1.54. The Labute approximate surface area is 192 Å². The van der Waals surface area contributed by atoms with E-state index >= 15 is 0 Å². The fourth-order valence-electron chi connectivity index (χ4n) is 4.22. The number of nitrogens with one attached hydrogen (secondary N) is 1. The van der Waals surface area contributed by atoms with Crippen LogP contribution in [0, 0.1) is 5.41 Å². The van der Waals surface area contributed by atoms with Crippen molar-refractivity contribution in [3.63, 3.8) is 0 Å². The van der Waals surface area contributed by atoms with Crippen LogP contribution in [0.25, 0.3) is 10.9 Å². The first-order chi connectivity index (χ1) is 15.4. The van der Waals surface area contributed by atoms with E-state index in [-0.39, 0.29) is 11.2 Å². The van der Waals surface area contributed by atoms with Crippen molar-refractivity contribution >= 4 is 43.8 Å². The summed E-state index contributed by atoms with van der Waals surface area (Å²) in [7, 11) is -3.34. The minimum Gasteiger partial charge on any atom is -0.384 e. The number of nitrogens with zero attached hydrogens (tertiary/aromatic N) is 2. The topological polar surface area (TPSA) is 97.6 Å². The van der Waals surface area contributed by atoms with Crippen molar-refractivity contribution in [3.05, 3.63) is 59.1 Å². The Kier molecular flexibility index (Phi) is 5.49. The highest BCUT2D eigenvalue weighted by Gasteiger charge is 2.37. The molecule has 3 heterocycles. The van der Waals surface area contributed by atoms with Gasteiger partial charge in [0.2, 0.25) is 0 Å². The number of pyridine rings is 1. The molecule has 0 amide bonds. The van der Waals surface area contributed by atoms with E-state index in [1.165, 1.54) is 0 Å². The van der Waals surface area contributed by atoms with E-state index in [1.807, 2.05) is 41.3 Å². The average molecular weight is 473 g/mol. The van der Waals surface area contributed by atoms with Gasteiger partial charge in [-0.15, -0.1) is 0 Å². The molecule has 0 aliphatic carbocycles. The van der Waals surface area contributed by atoms with E-state index < -0.39 is 9.84 Å². The number of rotatable bonds is 5. The van der Waals surface area contributed by atoms with Crippen LogP contribution in [-0.4, -0.2) is 52.0 Å². The molecule has 0 atom stereocenters. The SMILES string of the molecule is NCC1(CNc2cc(N3CCS(=O)(=O)c4ccccc4C3)nc3ccc(Cl)cc23)COC1. The quantitative estimate of drug-likeness (QED) is 0.588. The Morgan fingerprint density at radius 1 is 1.19 bits per heavy atom. The zero-order valence-electron chi connectivity index (χ0n) is 17.6. The Hall–Kier alpha value is -2.39. The van der Waals surface area contributed by atoms with Crippen LogP contribution in [0.4, 0.5) is 11.5 Å². The van der Waals surface area contributed by atoms with Crippen LogP contribution >= 0.6 is 11.6 Å².